The van der Waals surface area contributed by atoms with Gasteiger partial charge in [0, 0.05) is 5.71 Å². The van der Waals surface area contributed by atoms with Crippen LogP contribution in [0.25, 0.3) is 10.8 Å². The summed E-state index contributed by atoms with van der Waals surface area (Å²) in [5, 5.41) is 2.52. The van der Waals surface area contributed by atoms with Crippen LogP contribution in [0.1, 0.15) is 43.4 Å². The van der Waals surface area contributed by atoms with Gasteiger partial charge in [-0.05, 0) is 59.4 Å². The molecule has 116 valence electrons. The quantitative estimate of drug-likeness (QED) is 0.495. The first-order chi connectivity index (χ1) is 11.1. The van der Waals surface area contributed by atoms with E-state index in [0.717, 1.165) is 11.4 Å². The van der Waals surface area contributed by atoms with Crippen LogP contribution in [0.2, 0.25) is 0 Å². The van der Waals surface area contributed by atoms with Gasteiger partial charge in [0.2, 0.25) is 0 Å². The van der Waals surface area contributed by atoms with Crippen LogP contribution in [0.4, 0.5) is 5.69 Å². The maximum Gasteiger partial charge on any atom is 0.0674 e. The zero-order chi connectivity index (χ0) is 16.4. The Bertz CT molecular complexity index is 872. The van der Waals surface area contributed by atoms with Crippen molar-refractivity contribution >= 4 is 22.2 Å². The number of rotatable bonds is 3. The molecule has 0 aliphatic carbocycles. The van der Waals surface area contributed by atoms with Crippen LogP contribution < -0.4 is 0 Å². The van der Waals surface area contributed by atoms with Crippen molar-refractivity contribution in [1.82, 2.24) is 0 Å². The minimum atomic E-state index is 0.447. The third-order valence-electron chi connectivity index (χ3n) is 4.34. The van der Waals surface area contributed by atoms with E-state index in [9.17, 15) is 0 Å². The van der Waals surface area contributed by atoms with E-state index < -0.39 is 0 Å². The van der Waals surface area contributed by atoms with Gasteiger partial charge in [0.15, 0.2) is 0 Å². The third-order valence-corrected chi connectivity index (χ3v) is 4.34. The van der Waals surface area contributed by atoms with Crippen molar-refractivity contribution in [2.45, 2.75) is 33.6 Å². The first-order valence-electron chi connectivity index (χ1n) is 8.20. The fraction of sp³-hybridized carbons (Fsp3) is 0.227. The lowest BCUT2D eigenvalue weighted by atomic mass is 9.96. The summed E-state index contributed by atoms with van der Waals surface area (Å²) in [6, 6.07) is 21.4. The smallest absolute Gasteiger partial charge is 0.0674 e. The summed E-state index contributed by atoms with van der Waals surface area (Å²) in [5.41, 5.74) is 5.94. The Labute approximate surface area is 138 Å². The highest BCUT2D eigenvalue weighted by Gasteiger charge is 2.09. The van der Waals surface area contributed by atoms with Crippen LogP contribution in [0.5, 0.6) is 0 Å². The lowest BCUT2D eigenvalue weighted by Gasteiger charge is -2.13. The highest BCUT2D eigenvalue weighted by molar-refractivity contribution is 6.02. The number of fused-ring (bicyclic) bond motifs is 1. The molecule has 0 unspecified atom stereocenters. The number of hydrogen-bond donors (Lipinski definition) is 0. The van der Waals surface area contributed by atoms with Crippen molar-refractivity contribution in [2.75, 3.05) is 0 Å². The van der Waals surface area contributed by atoms with E-state index in [0.29, 0.717) is 5.92 Å². The van der Waals surface area contributed by atoms with E-state index in [1.54, 1.807) is 0 Å². The Hall–Kier alpha value is -2.41. The molecule has 0 bridgehead atoms. The first kappa shape index (κ1) is 15.5. The maximum atomic E-state index is 4.98. The van der Waals surface area contributed by atoms with Crippen LogP contribution in [0.15, 0.2) is 65.7 Å². The largest absolute Gasteiger partial charge is 0.253 e. The van der Waals surface area contributed by atoms with Crippen molar-refractivity contribution < 1.29 is 0 Å². The van der Waals surface area contributed by atoms with Gasteiger partial charge < -0.3 is 0 Å². The average molecular weight is 301 g/mol. The molecule has 0 aliphatic heterocycles. The van der Waals surface area contributed by atoms with E-state index in [2.05, 4.69) is 88.4 Å². The summed E-state index contributed by atoms with van der Waals surface area (Å²) in [6.07, 6.45) is 0. The molecule has 0 aliphatic rings. The molecule has 0 spiro atoms. The molecule has 0 heterocycles. The van der Waals surface area contributed by atoms with Crippen LogP contribution in [0, 0.1) is 6.92 Å². The van der Waals surface area contributed by atoms with Gasteiger partial charge >= 0.3 is 0 Å². The van der Waals surface area contributed by atoms with Crippen molar-refractivity contribution in [3.05, 3.63) is 77.4 Å². The average Bonchev–Trinajstić information content (AvgIpc) is 2.54. The lowest BCUT2D eigenvalue weighted by molar-refractivity contribution is 0.869. The van der Waals surface area contributed by atoms with Gasteiger partial charge in [0.25, 0.3) is 0 Å². The van der Waals surface area contributed by atoms with Crippen LogP contribution in [-0.4, -0.2) is 5.71 Å². The molecule has 0 N–H and O–H groups in total. The Balaban J connectivity index is 2.16. The van der Waals surface area contributed by atoms with Gasteiger partial charge in [0.1, 0.15) is 0 Å². The fourth-order valence-corrected chi connectivity index (χ4v) is 3.02. The summed E-state index contributed by atoms with van der Waals surface area (Å²) in [7, 11) is 0. The zero-order valence-electron chi connectivity index (χ0n) is 14.3. The van der Waals surface area contributed by atoms with Gasteiger partial charge in [-0.1, -0.05) is 62.4 Å². The topological polar surface area (TPSA) is 12.4 Å². The molecule has 23 heavy (non-hydrogen) atoms. The van der Waals surface area contributed by atoms with Gasteiger partial charge in [-0.25, -0.2) is 0 Å². The Morgan fingerprint density at radius 3 is 2.13 bits per heavy atom. The second-order valence-corrected chi connectivity index (χ2v) is 6.43. The molecule has 0 saturated carbocycles. The summed E-state index contributed by atoms with van der Waals surface area (Å²) in [4.78, 5) is 4.98. The Kier molecular flexibility index (Phi) is 4.29. The van der Waals surface area contributed by atoms with Gasteiger partial charge in [-0.3, -0.25) is 4.99 Å². The molecule has 0 atom stereocenters. The normalized spacial score (nSPS) is 12.1. The highest BCUT2D eigenvalue weighted by atomic mass is 14.7. The first-order valence-corrected chi connectivity index (χ1v) is 8.20. The number of benzene rings is 3. The van der Waals surface area contributed by atoms with Crippen molar-refractivity contribution in [3.63, 3.8) is 0 Å². The number of aryl methyl sites for hydroxylation is 1. The molecule has 3 aromatic rings. The molecule has 0 amide bonds. The van der Waals surface area contributed by atoms with Crippen LogP contribution in [-0.2, 0) is 0 Å². The van der Waals surface area contributed by atoms with Gasteiger partial charge in [-0.2, -0.15) is 0 Å². The minimum Gasteiger partial charge on any atom is -0.253 e. The summed E-state index contributed by atoms with van der Waals surface area (Å²) in [6.45, 7) is 8.69. The van der Waals surface area contributed by atoms with Crippen molar-refractivity contribution in [1.29, 1.82) is 0 Å². The maximum absolute atomic E-state index is 4.98. The van der Waals surface area contributed by atoms with E-state index >= 15 is 0 Å². The SMILES string of the molecule is CC(=Nc1cc2ccccc2cc1C(C)C)c1ccccc1C. The van der Waals surface area contributed by atoms with E-state index in [4.69, 9.17) is 4.99 Å². The Morgan fingerprint density at radius 2 is 1.48 bits per heavy atom. The fourth-order valence-electron chi connectivity index (χ4n) is 3.02. The van der Waals surface area contributed by atoms with Crippen LogP contribution in [0.3, 0.4) is 0 Å². The minimum absolute atomic E-state index is 0.447. The predicted molar refractivity (Wildman–Crippen MR) is 101 cm³/mol. The molecule has 3 rings (SSSR count). The summed E-state index contributed by atoms with van der Waals surface area (Å²) in [5.74, 6) is 0.447. The molecule has 3 aromatic carbocycles. The predicted octanol–water partition coefficient (Wildman–Crippen LogP) is 6.41. The van der Waals surface area contributed by atoms with E-state index in [-0.39, 0.29) is 0 Å². The lowest BCUT2D eigenvalue weighted by Crippen LogP contribution is -1.98. The van der Waals surface area contributed by atoms with E-state index in [1.807, 2.05) is 0 Å². The molecule has 0 saturated heterocycles. The number of aliphatic imine (C=N–C) groups is 1. The number of nitrogens with zero attached hydrogens (tertiary/aromatic N) is 1. The molecule has 0 aromatic heterocycles. The standard InChI is InChI=1S/C22H23N/c1-15(2)21-13-18-10-6-7-11-19(18)14-22(21)23-17(4)20-12-8-5-9-16(20)3/h5-15H,1-4H3. The molecule has 1 nitrogen and oxygen atoms in total. The van der Waals surface area contributed by atoms with E-state index in [1.165, 1.54) is 27.5 Å². The monoisotopic (exact) mass is 301 g/mol. The van der Waals surface area contributed by atoms with Gasteiger partial charge in [0.05, 0.1) is 5.69 Å². The van der Waals surface area contributed by atoms with Crippen molar-refractivity contribution in [3.8, 4) is 0 Å². The second-order valence-electron chi connectivity index (χ2n) is 6.43. The highest BCUT2D eigenvalue weighted by Crippen LogP contribution is 2.32. The Morgan fingerprint density at radius 1 is 0.870 bits per heavy atom. The summed E-state index contributed by atoms with van der Waals surface area (Å²) >= 11 is 0. The van der Waals surface area contributed by atoms with Crippen molar-refractivity contribution in [2.24, 2.45) is 4.99 Å². The summed E-state index contributed by atoms with van der Waals surface area (Å²) < 4.78 is 0. The molecule has 0 radical (unpaired) electrons. The molecular formula is C22H23N. The molecular weight excluding hydrogens is 278 g/mol. The van der Waals surface area contributed by atoms with Gasteiger partial charge in [-0.15, -0.1) is 0 Å². The molecule has 0 fully saturated rings. The zero-order valence-corrected chi connectivity index (χ0v) is 14.3. The third kappa shape index (κ3) is 3.19. The second kappa shape index (κ2) is 6.37. The molecule has 1 heteroatoms. The van der Waals surface area contributed by atoms with Crippen LogP contribution >= 0.6 is 0 Å². The number of hydrogen-bond acceptors (Lipinski definition) is 1.